The minimum absolute atomic E-state index is 0.239. The van der Waals surface area contributed by atoms with E-state index in [4.69, 9.17) is 5.11 Å². The van der Waals surface area contributed by atoms with Gasteiger partial charge in [-0.25, -0.2) is 13.2 Å². The summed E-state index contributed by atoms with van der Waals surface area (Å²) in [7, 11) is 0. The van der Waals surface area contributed by atoms with Gasteiger partial charge in [0.1, 0.15) is 11.9 Å². The minimum Gasteiger partial charge on any atom is -0.385 e. The molecule has 0 aliphatic carbocycles. The summed E-state index contributed by atoms with van der Waals surface area (Å²) in [6, 6.07) is 3.95. The Morgan fingerprint density at radius 1 is 1.47 bits per heavy atom. The van der Waals surface area contributed by atoms with Crippen molar-refractivity contribution >= 4 is 5.91 Å². The first-order valence-corrected chi connectivity index (χ1v) is 4.92. The van der Waals surface area contributed by atoms with Crippen molar-refractivity contribution in [2.24, 2.45) is 0 Å². The highest BCUT2D eigenvalue weighted by atomic mass is 19.3. The van der Waals surface area contributed by atoms with Crippen molar-refractivity contribution in [1.29, 1.82) is 0 Å². The predicted octanol–water partition coefficient (Wildman–Crippen LogP) is 1.49. The zero-order valence-electron chi connectivity index (χ0n) is 9.08. The Labute approximate surface area is 96.3 Å². The fourth-order valence-electron chi connectivity index (χ4n) is 1.19. The second kappa shape index (κ2) is 5.67. The van der Waals surface area contributed by atoms with Crippen LogP contribution in [0.25, 0.3) is 0 Å². The van der Waals surface area contributed by atoms with Crippen molar-refractivity contribution in [3.8, 4) is 0 Å². The Balaban J connectivity index is 2.64. The van der Waals surface area contributed by atoms with Crippen LogP contribution in [0.2, 0.25) is 0 Å². The molecule has 0 aliphatic heterocycles. The third-order valence-electron chi connectivity index (χ3n) is 2.13. The maximum atomic E-state index is 13.3. The molecule has 0 bridgehead atoms. The fraction of sp³-hybridized carbons (Fsp3) is 0.364. The zero-order valence-corrected chi connectivity index (χ0v) is 9.08. The first kappa shape index (κ1) is 13.5. The van der Waals surface area contributed by atoms with Crippen LogP contribution < -0.4 is 5.32 Å². The van der Waals surface area contributed by atoms with Crippen molar-refractivity contribution in [1.82, 2.24) is 5.32 Å². The monoisotopic (exact) mass is 247 g/mol. The van der Waals surface area contributed by atoms with Crippen LogP contribution >= 0.6 is 0 Å². The maximum absolute atomic E-state index is 13.3. The Morgan fingerprint density at radius 2 is 2.12 bits per heavy atom. The van der Waals surface area contributed by atoms with E-state index in [1.54, 1.807) is 6.92 Å². The molecular formula is C11H12F3NO2. The van der Waals surface area contributed by atoms with Gasteiger partial charge in [0.05, 0.1) is 5.56 Å². The van der Waals surface area contributed by atoms with Crippen LogP contribution in [0, 0.1) is 12.7 Å². The van der Waals surface area contributed by atoms with Crippen molar-refractivity contribution in [3.05, 3.63) is 35.1 Å². The normalized spacial score (nSPS) is 12.6. The van der Waals surface area contributed by atoms with E-state index in [0.29, 0.717) is 5.56 Å². The van der Waals surface area contributed by atoms with Crippen molar-refractivity contribution in [2.75, 3.05) is 6.54 Å². The van der Waals surface area contributed by atoms with E-state index >= 15 is 0 Å². The van der Waals surface area contributed by atoms with Gasteiger partial charge in [0.2, 0.25) is 0 Å². The first-order chi connectivity index (χ1) is 7.91. The molecule has 1 atom stereocenters. The Bertz CT molecular complexity index is 410. The number of alkyl halides is 2. The highest BCUT2D eigenvalue weighted by Crippen LogP contribution is 2.09. The lowest BCUT2D eigenvalue weighted by molar-refractivity contribution is -0.00272. The molecule has 1 aromatic carbocycles. The van der Waals surface area contributed by atoms with Gasteiger partial charge < -0.3 is 10.4 Å². The number of hydrogen-bond acceptors (Lipinski definition) is 2. The zero-order chi connectivity index (χ0) is 13.0. The van der Waals surface area contributed by atoms with E-state index in [0.717, 1.165) is 0 Å². The molecule has 0 fully saturated rings. The van der Waals surface area contributed by atoms with Crippen LogP contribution in [0.1, 0.15) is 15.9 Å². The summed E-state index contributed by atoms with van der Waals surface area (Å²) in [5.41, 5.74) is 0.406. The van der Waals surface area contributed by atoms with Crippen LogP contribution in [0.3, 0.4) is 0 Å². The molecular weight excluding hydrogens is 235 g/mol. The van der Waals surface area contributed by atoms with Gasteiger partial charge in [-0.2, -0.15) is 0 Å². The van der Waals surface area contributed by atoms with Crippen molar-refractivity contribution in [3.63, 3.8) is 0 Å². The molecule has 17 heavy (non-hydrogen) atoms. The molecule has 1 amide bonds. The molecule has 0 heterocycles. The number of carbonyl (C=O) groups is 1. The summed E-state index contributed by atoms with van der Waals surface area (Å²) in [4.78, 5) is 11.4. The first-order valence-electron chi connectivity index (χ1n) is 4.92. The number of halogens is 3. The maximum Gasteiger partial charge on any atom is 0.265 e. The van der Waals surface area contributed by atoms with Gasteiger partial charge in [0, 0.05) is 6.54 Å². The molecule has 3 nitrogen and oxygen atoms in total. The fourth-order valence-corrected chi connectivity index (χ4v) is 1.19. The smallest absolute Gasteiger partial charge is 0.265 e. The summed E-state index contributed by atoms with van der Waals surface area (Å²) in [6.07, 6.45) is -4.90. The summed E-state index contributed by atoms with van der Waals surface area (Å²) in [5, 5.41) is 10.8. The number of aliphatic hydroxyl groups is 1. The van der Waals surface area contributed by atoms with Crippen LogP contribution in [-0.4, -0.2) is 30.1 Å². The third-order valence-corrected chi connectivity index (χ3v) is 2.13. The van der Waals surface area contributed by atoms with E-state index in [2.05, 4.69) is 0 Å². The van der Waals surface area contributed by atoms with Gasteiger partial charge in [0.15, 0.2) is 0 Å². The molecule has 6 heteroatoms. The van der Waals surface area contributed by atoms with Crippen LogP contribution in [0.15, 0.2) is 18.2 Å². The molecule has 2 N–H and O–H groups in total. The second-order valence-electron chi connectivity index (χ2n) is 3.60. The number of amides is 1. The summed E-state index contributed by atoms with van der Waals surface area (Å²) >= 11 is 0. The van der Waals surface area contributed by atoms with E-state index in [1.165, 1.54) is 18.2 Å². The van der Waals surface area contributed by atoms with E-state index in [1.807, 2.05) is 5.32 Å². The predicted molar refractivity (Wildman–Crippen MR) is 55.5 cm³/mol. The van der Waals surface area contributed by atoms with Crippen LogP contribution in [-0.2, 0) is 0 Å². The number of benzene rings is 1. The van der Waals surface area contributed by atoms with Crippen LogP contribution in [0.5, 0.6) is 0 Å². The topological polar surface area (TPSA) is 49.3 Å². The largest absolute Gasteiger partial charge is 0.385 e. The van der Waals surface area contributed by atoms with Crippen molar-refractivity contribution in [2.45, 2.75) is 19.5 Å². The number of hydrogen-bond donors (Lipinski definition) is 2. The average Bonchev–Trinajstić information content (AvgIpc) is 2.25. The van der Waals surface area contributed by atoms with E-state index in [-0.39, 0.29) is 5.56 Å². The number of aryl methyl sites for hydroxylation is 1. The quantitative estimate of drug-likeness (QED) is 0.846. The molecule has 0 saturated heterocycles. The van der Waals surface area contributed by atoms with Gasteiger partial charge in [0.25, 0.3) is 12.3 Å². The Kier molecular flexibility index (Phi) is 4.51. The molecule has 0 aromatic heterocycles. The second-order valence-corrected chi connectivity index (χ2v) is 3.60. The molecule has 1 rings (SSSR count). The lowest BCUT2D eigenvalue weighted by Gasteiger charge is -2.11. The van der Waals surface area contributed by atoms with Crippen molar-refractivity contribution < 1.29 is 23.1 Å². The van der Waals surface area contributed by atoms with Gasteiger partial charge in [-0.05, 0) is 24.6 Å². The Morgan fingerprint density at radius 3 is 2.65 bits per heavy atom. The standard InChI is InChI=1S/C11H12F3NO2/c1-6-2-3-7(8(12)4-6)11(17)15-5-9(16)10(13)14/h2-4,9-10,16H,5H2,1H3,(H,15,17). The van der Waals surface area contributed by atoms with Crippen LogP contribution in [0.4, 0.5) is 13.2 Å². The van der Waals surface area contributed by atoms with E-state index < -0.39 is 30.8 Å². The summed E-state index contributed by atoms with van der Waals surface area (Å²) in [6.45, 7) is 1.04. The average molecular weight is 247 g/mol. The lowest BCUT2D eigenvalue weighted by atomic mass is 10.1. The van der Waals surface area contributed by atoms with E-state index in [9.17, 15) is 18.0 Å². The highest BCUT2D eigenvalue weighted by molar-refractivity contribution is 5.94. The third kappa shape index (κ3) is 3.74. The van der Waals surface area contributed by atoms with Gasteiger partial charge >= 0.3 is 0 Å². The molecule has 0 spiro atoms. The highest BCUT2D eigenvalue weighted by Gasteiger charge is 2.19. The number of aliphatic hydroxyl groups excluding tert-OH is 1. The molecule has 1 unspecified atom stereocenters. The Hall–Kier alpha value is -1.56. The molecule has 1 aromatic rings. The molecule has 0 saturated carbocycles. The molecule has 0 radical (unpaired) electrons. The lowest BCUT2D eigenvalue weighted by Crippen LogP contribution is -2.36. The molecule has 94 valence electrons. The van der Waals surface area contributed by atoms with Gasteiger partial charge in [-0.3, -0.25) is 4.79 Å². The summed E-state index contributed by atoms with van der Waals surface area (Å²) < 4.78 is 37.2. The summed E-state index contributed by atoms with van der Waals surface area (Å²) in [5.74, 6) is -1.56. The minimum atomic E-state index is -2.95. The SMILES string of the molecule is Cc1ccc(C(=O)NCC(O)C(F)F)c(F)c1. The van der Waals surface area contributed by atoms with Gasteiger partial charge in [-0.1, -0.05) is 6.07 Å². The van der Waals surface area contributed by atoms with Gasteiger partial charge in [-0.15, -0.1) is 0 Å². The number of carbonyl (C=O) groups excluding carboxylic acids is 1. The number of rotatable bonds is 4. The molecule has 0 aliphatic rings. The number of nitrogens with one attached hydrogen (secondary N) is 1.